The van der Waals surface area contributed by atoms with Gasteiger partial charge in [-0.15, -0.1) is 0 Å². The quantitative estimate of drug-likeness (QED) is 0.618. The second-order valence-corrected chi connectivity index (χ2v) is 4.78. The number of carbonyl (C=O) groups excluding carboxylic acids is 1. The van der Waals surface area contributed by atoms with Crippen LogP contribution < -0.4 is 0 Å². The van der Waals surface area contributed by atoms with Crippen molar-refractivity contribution in [2.75, 3.05) is 13.1 Å². The molecule has 2 nitrogen and oxygen atoms in total. The van der Waals surface area contributed by atoms with E-state index < -0.39 is 0 Å². The molecule has 1 heterocycles. The smallest absolute Gasteiger partial charge is 0.228 e. The van der Waals surface area contributed by atoms with E-state index in [1.165, 1.54) is 0 Å². The number of nitrogens with zero attached hydrogens (tertiary/aromatic N) is 1. The first-order valence-corrected chi connectivity index (χ1v) is 4.73. The molecular formula is C10H19NO. The fourth-order valence-corrected chi connectivity index (χ4v) is 1.67. The normalized spacial score (nSPS) is 22.4. The van der Waals surface area contributed by atoms with E-state index in [4.69, 9.17) is 0 Å². The summed E-state index contributed by atoms with van der Waals surface area (Å²) in [5.74, 6) is 0.916. The van der Waals surface area contributed by atoms with Gasteiger partial charge < -0.3 is 4.90 Å². The van der Waals surface area contributed by atoms with Gasteiger partial charge in [-0.1, -0.05) is 27.7 Å². The molecule has 0 aromatic rings. The lowest BCUT2D eigenvalue weighted by Crippen LogP contribution is -2.33. The summed E-state index contributed by atoms with van der Waals surface area (Å²) >= 11 is 0. The van der Waals surface area contributed by atoms with Gasteiger partial charge >= 0.3 is 0 Å². The predicted molar refractivity (Wildman–Crippen MR) is 49.8 cm³/mol. The largest absolute Gasteiger partial charge is 0.342 e. The Kier molecular flexibility index (Phi) is 2.45. The summed E-state index contributed by atoms with van der Waals surface area (Å²) in [6.07, 6.45) is 1.01. The van der Waals surface area contributed by atoms with E-state index in [1.54, 1.807) is 0 Å². The Morgan fingerprint density at radius 3 is 2.42 bits per heavy atom. The molecule has 0 saturated carbocycles. The van der Waals surface area contributed by atoms with Crippen LogP contribution in [0.25, 0.3) is 0 Å². The Morgan fingerprint density at radius 2 is 2.08 bits per heavy atom. The van der Waals surface area contributed by atoms with Crippen molar-refractivity contribution in [2.24, 2.45) is 11.3 Å². The number of carbonyl (C=O) groups is 1. The summed E-state index contributed by atoms with van der Waals surface area (Å²) < 4.78 is 0. The Labute approximate surface area is 74.9 Å². The third-order valence-corrected chi connectivity index (χ3v) is 2.46. The van der Waals surface area contributed by atoms with Crippen molar-refractivity contribution >= 4 is 5.91 Å². The maximum absolute atomic E-state index is 11.7. The average Bonchev–Trinajstić information content (AvgIpc) is 2.15. The van der Waals surface area contributed by atoms with Gasteiger partial charge in [0, 0.05) is 18.5 Å². The summed E-state index contributed by atoms with van der Waals surface area (Å²) in [5, 5.41) is 0. The summed E-state index contributed by atoms with van der Waals surface area (Å²) in [6.45, 7) is 10.2. The van der Waals surface area contributed by atoms with Gasteiger partial charge in [0.1, 0.15) is 0 Å². The minimum Gasteiger partial charge on any atom is -0.342 e. The molecule has 1 rings (SSSR count). The van der Waals surface area contributed by atoms with E-state index in [0.29, 0.717) is 11.8 Å². The van der Waals surface area contributed by atoms with Gasteiger partial charge in [-0.3, -0.25) is 4.79 Å². The molecular weight excluding hydrogens is 150 g/mol. The van der Waals surface area contributed by atoms with Gasteiger partial charge in [-0.05, 0) is 12.3 Å². The fraction of sp³-hybridized carbons (Fsp3) is 0.900. The molecule has 0 spiro atoms. The standard InChI is InChI=1S/C10H19NO/c1-8(2)7-11-6-5-10(3,4)9(11)12/h8H,5-7H2,1-4H3. The molecule has 1 amide bonds. The van der Waals surface area contributed by atoms with Crippen LogP contribution in [0.2, 0.25) is 0 Å². The summed E-state index contributed by atoms with van der Waals surface area (Å²) in [4.78, 5) is 13.7. The zero-order chi connectivity index (χ0) is 9.35. The highest BCUT2D eigenvalue weighted by molar-refractivity contribution is 5.83. The maximum atomic E-state index is 11.7. The minimum atomic E-state index is -0.102. The fourth-order valence-electron chi connectivity index (χ4n) is 1.67. The van der Waals surface area contributed by atoms with Gasteiger partial charge in [0.2, 0.25) is 5.91 Å². The third-order valence-electron chi connectivity index (χ3n) is 2.46. The Bertz CT molecular complexity index is 184. The Hall–Kier alpha value is -0.530. The second kappa shape index (κ2) is 3.08. The van der Waals surface area contributed by atoms with Crippen LogP contribution in [0.4, 0.5) is 0 Å². The summed E-state index contributed by atoms with van der Waals surface area (Å²) in [7, 11) is 0. The molecule has 0 unspecified atom stereocenters. The molecule has 70 valence electrons. The van der Waals surface area contributed by atoms with E-state index >= 15 is 0 Å². The molecule has 0 bridgehead atoms. The molecule has 0 radical (unpaired) electrons. The topological polar surface area (TPSA) is 20.3 Å². The first-order chi connectivity index (χ1) is 5.43. The first kappa shape index (κ1) is 9.56. The monoisotopic (exact) mass is 169 g/mol. The van der Waals surface area contributed by atoms with E-state index in [-0.39, 0.29) is 5.41 Å². The zero-order valence-corrected chi connectivity index (χ0v) is 8.55. The molecule has 2 heteroatoms. The molecule has 1 aliphatic rings. The number of hydrogen-bond donors (Lipinski definition) is 0. The predicted octanol–water partition coefficient (Wildman–Crippen LogP) is 1.90. The summed E-state index contributed by atoms with van der Waals surface area (Å²) in [6, 6.07) is 0. The van der Waals surface area contributed by atoms with Crippen molar-refractivity contribution in [1.29, 1.82) is 0 Å². The SMILES string of the molecule is CC(C)CN1CCC(C)(C)C1=O. The van der Waals surface area contributed by atoms with Gasteiger partial charge in [0.15, 0.2) is 0 Å². The van der Waals surface area contributed by atoms with Crippen molar-refractivity contribution in [2.45, 2.75) is 34.1 Å². The van der Waals surface area contributed by atoms with Crippen LogP contribution in [0.3, 0.4) is 0 Å². The minimum absolute atomic E-state index is 0.102. The van der Waals surface area contributed by atoms with Crippen LogP contribution in [0.5, 0.6) is 0 Å². The van der Waals surface area contributed by atoms with Crippen LogP contribution in [-0.4, -0.2) is 23.9 Å². The van der Waals surface area contributed by atoms with E-state index in [2.05, 4.69) is 13.8 Å². The average molecular weight is 169 g/mol. The van der Waals surface area contributed by atoms with Crippen LogP contribution in [0.1, 0.15) is 34.1 Å². The van der Waals surface area contributed by atoms with Crippen molar-refractivity contribution < 1.29 is 4.79 Å². The van der Waals surface area contributed by atoms with Crippen molar-refractivity contribution in [1.82, 2.24) is 4.90 Å². The summed E-state index contributed by atoms with van der Waals surface area (Å²) in [5.41, 5.74) is -0.102. The lowest BCUT2D eigenvalue weighted by molar-refractivity contribution is -0.134. The maximum Gasteiger partial charge on any atom is 0.228 e. The molecule has 1 saturated heterocycles. The van der Waals surface area contributed by atoms with Crippen molar-refractivity contribution in [3.8, 4) is 0 Å². The third kappa shape index (κ3) is 1.79. The van der Waals surface area contributed by atoms with Crippen molar-refractivity contribution in [3.63, 3.8) is 0 Å². The number of likely N-dealkylation sites (tertiary alicyclic amines) is 1. The van der Waals surface area contributed by atoms with Gasteiger partial charge in [0.05, 0.1) is 0 Å². The second-order valence-electron chi connectivity index (χ2n) is 4.78. The highest BCUT2D eigenvalue weighted by Gasteiger charge is 2.38. The molecule has 12 heavy (non-hydrogen) atoms. The van der Waals surface area contributed by atoms with Gasteiger partial charge in [-0.2, -0.15) is 0 Å². The van der Waals surface area contributed by atoms with Crippen molar-refractivity contribution in [3.05, 3.63) is 0 Å². The van der Waals surface area contributed by atoms with E-state index in [1.807, 2.05) is 18.7 Å². The van der Waals surface area contributed by atoms with Crippen LogP contribution in [0.15, 0.2) is 0 Å². The molecule has 0 aliphatic carbocycles. The van der Waals surface area contributed by atoms with Gasteiger partial charge in [-0.25, -0.2) is 0 Å². The van der Waals surface area contributed by atoms with Crippen LogP contribution >= 0.6 is 0 Å². The molecule has 0 aromatic heterocycles. The molecule has 0 aromatic carbocycles. The van der Waals surface area contributed by atoms with Gasteiger partial charge in [0.25, 0.3) is 0 Å². The number of rotatable bonds is 2. The number of hydrogen-bond acceptors (Lipinski definition) is 1. The zero-order valence-electron chi connectivity index (χ0n) is 8.55. The molecule has 1 fully saturated rings. The number of amides is 1. The lowest BCUT2D eigenvalue weighted by atomic mass is 9.92. The molecule has 0 atom stereocenters. The highest BCUT2D eigenvalue weighted by atomic mass is 16.2. The molecule has 0 N–H and O–H groups in total. The van der Waals surface area contributed by atoms with Crippen LogP contribution in [0, 0.1) is 11.3 Å². The molecule has 1 aliphatic heterocycles. The van der Waals surface area contributed by atoms with Crippen LogP contribution in [-0.2, 0) is 4.79 Å². The highest BCUT2D eigenvalue weighted by Crippen LogP contribution is 2.30. The lowest BCUT2D eigenvalue weighted by Gasteiger charge is -2.21. The Morgan fingerprint density at radius 1 is 1.50 bits per heavy atom. The Balaban J connectivity index is 2.56. The van der Waals surface area contributed by atoms with E-state index in [0.717, 1.165) is 19.5 Å². The van der Waals surface area contributed by atoms with E-state index in [9.17, 15) is 4.79 Å². The first-order valence-electron chi connectivity index (χ1n) is 4.73.